The molecule has 2 heterocycles. The van der Waals surface area contributed by atoms with Crippen molar-refractivity contribution in [1.82, 2.24) is 9.55 Å². The van der Waals surface area contributed by atoms with Crippen LogP contribution in [-0.2, 0) is 6.42 Å². The number of nitrogens with zero attached hydrogens (tertiary/aromatic N) is 1. The standard InChI is InChI=1S/C17H15BrN2O.2C2H6/c18-12-4-5-15-14(8-12)13-2-1-3-16(17(13)19-15)20-7-6-11(9-20)10-21;2*1-2/h4-10,16,19H,1-3H2;2*1-2H3. The maximum Gasteiger partial charge on any atom is 0.151 e. The molecular formula is C21H27BrN2O. The van der Waals surface area contributed by atoms with E-state index >= 15 is 0 Å². The number of rotatable bonds is 2. The van der Waals surface area contributed by atoms with Crippen molar-refractivity contribution in [3.05, 3.63) is 58.0 Å². The molecule has 4 heteroatoms. The topological polar surface area (TPSA) is 37.8 Å². The number of H-pyrrole nitrogens is 1. The highest BCUT2D eigenvalue weighted by molar-refractivity contribution is 9.10. The van der Waals surface area contributed by atoms with Crippen LogP contribution in [0.25, 0.3) is 10.9 Å². The smallest absolute Gasteiger partial charge is 0.151 e. The minimum atomic E-state index is 0.300. The van der Waals surface area contributed by atoms with Crippen molar-refractivity contribution in [2.75, 3.05) is 0 Å². The molecule has 0 aliphatic heterocycles. The van der Waals surface area contributed by atoms with Gasteiger partial charge in [-0.1, -0.05) is 43.6 Å². The minimum absolute atomic E-state index is 0.300. The zero-order valence-corrected chi connectivity index (χ0v) is 17.1. The summed E-state index contributed by atoms with van der Waals surface area (Å²) >= 11 is 3.56. The van der Waals surface area contributed by atoms with Gasteiger partial charge >= 0.3 is 0 Å². The molecule has 0 fully saturated rings. The van der Waals surface area contributed by atoms with Gasteiger partial charge in [0.15, 0.2) is 6.29 Å². The summed E-state index contributed by atoms with van der Waals surface area (Å²) < 4.78 is 3.27. The Labute approximate surface area is 158 Å². The lowest BCUT2D eigenvalue weighted by Crippen LogP contribution is -2.15. The van der Waals surface area contributed by atoms with Crippen molar-refractivity contribution in [2.24, 2.45) is 0 Å². The first-order valence-corrected chi connectivity index (χ1v) is 9.98. The van der Waals surface area contributed by atoms with E-state index in [9.17, 15) is 4.79 Å². The second kappa shape index (κ2) is 9.04. The van der Waals surface area contributed by atoms with E-state index in [-0.39, 0.29) is 0 Å². The fourth-order valence-corrected chi connectivity index (χ4v) is 3.76. The van der Waals surface area contributed by atoms with E-state index in [0.717, 1.165) is 29.2 Å². The van der Waals surface area contributed by atoms with Gasteiger partial charge in [0, 0.05) is 39.0 Å². The predicted octanol–water partition coefficient (Wildman–Crippen LogP) is 6.52. The van der Waals surface area contributed by atoms with E-state index in [0.29, 0.717) is 6.04 Å². The fraction of sp³-hybridized carbons (Fsp3) is 0.381. The Hall–Kier alpha value is -1.81. The molecule has 3 nitrogen and oxygen atoms in total. The van der Waals surface area contributed by atoms with Crippen LogP contribution in [0.15, 0.2) is 41.1 Å². The number of aldehydes is 1. The van der Waals surface area contributed by atoms with Crippen LogP contribution in [0.4, 0.5) is 0 Å². The average molecular weight is 403 g/mol. The molecule has 1 aliphatic carbocycles. The number of hydrogen-bond acceptors (Lipinski definition) is 1. The number of aromatic nitrogens is 2. The normalized spacial score (nSPS) is 15.5. The number of aromatic amines is 1. The second-order valence-electron chi connectivity index (χ2n) is 5.63. The highest BCUT2D eigenvalue weighted by Crippen LogP contribution is 2.37. The third-order valence-electron chi connectivity index (χ3n) is 4.37. The molecule has 134 valence electrons. The summed E-state index contributed by atoms with van der Waals surface area (Å²) in [4.78, 5) is 14.5. The molecule has 1 atom stereocenters. The van der Waals surface area contributed by atoms with Gasteiger partial charge < -0.3 is 9.55 Å². The SMILES string of the molecule is CC.CC.O=Cc1ccn(C2CCCc3c2[nH]c2ccc(Br)cc32)c1. The van der Waals surface area contributed by atoms with E-state index < -0.39 is 0 Å². The molecule has 4 rings (SSSR count). The summed E-state index contributed by atoms with van der Waals surface area (Å²) in [7, 11) is 0. The Bertz CT molecular complexity index is 832. The first kappa shape index (κ1) is 19.5. The van der Waals surface area contributed by atoms with E-state index in [2.05, 4.69) is 43.7 Å². The Kier molecular flexibility index (Phi) is 7.06. The second-order valence-corrected chi connectivity index (χ2v) is 6.54. The first-order chi connectivity index (χ1) is 12.3. The highest BCUT2D eigenvalue weighted by atomic mass is 79.9. The number of fused-ring (bicyclic) bond motifs is 3. The van der Waals surface area contributed by atoms with Crippen LogP contribution in [0, 0.1) is 0 Å². The maximum absolute atomic E-state index is 10.9. The van der Waals surface area contributed by atoms with Gasteiger partial charge in [-0.15, -0.1) is 0 Å². The number of nitrogens with one attached hydrogen (secondary N) is 1. The fourth-order valence-electron chi connectivity index (χ4n) is 3.40. The average Bonchev–Trinajstić information content (AvgIpc) is 3.29. The van der Waals surface area contributed by atoms with Gasteiger partial charge in [0.25, 0.3) is 0 Å². The number of halogens is 1. The summed E-state index contributed by atoms with van der Waals surface area (Å²) in [5.41, 5.74) is 4.64. The number of benzene rings is 1. The molecule has 0 saturated heterocycles. The lowest BCUT2D eigenvalue weighted by molar-refractivity contribution is 0.112. The van der Waals surface area contributed by atoms with Crippen LogP contribution in [0.3, 0.4) is 0 Å². The summed E-state index contributed by atoms with van der Waals surface area (Å²) in [6.07, 6.45) is 8.24. The molecule has 1 unspecified atom stereocenters. The minimum Gasteiger partial charge on any atom is -0.356 e. The van der Waals surface area contributed by atoms with Crippen LogP contribution in [-0.4, -0.2) is 15.8 Å². The Balaban J connectivity index is 0.000000528. The summed E-state index contributed by atoms with van der Waals surface area (Å²) in [5.74, 6) is 0. The molecule has 0 bridgehead atoms. The maximum atomic E-state index is 10.9. The van der Waals surface area contributed by atoms with E-state index in [1.165, 1.54) is 28.6 Å². The van der Waals surface area contributed by atoms with Crippen LogP contribution >= 0.6 is 15.9 Å². The summed E-state index contributed by atoms with van der Waals surface area (Å²) in [6, 6.07) is 8.56. The number of carbonyl (C=O) groups excluding carboxylic acids is 1. The first-order valence-electron chi connectivity index (χ1n) is 9.19. The Morgan fingerprint density at radius 2 is 1.96 bits per heavy atom. The van der Waals surface area contributed by atoms with Crippen molar-refractivity contribution in [1.29, 1.82) is 0 Å². The molecule has 2 aromatic heterocycles. The van der Waals surface area contributed by atoms with E-state index in [1.807, 2.05) is 46.2 Å². The van der Waals surface area contributed by atoms with Crippen molar-refractivity contribution in [3.63, 3.8) is 0 Å². The van der Waals surface area contributed by atoms with Gasteiger partial charge in [-0.2, -0.15) is 0 Å². The van der Waals surface area contributed by atoms with Gasteiger partial charge in [-0.25, -0.2) is 0 Å². The van der Waals surface area contributed by atoms with Crippen molar-refractivity contribution in [3.8, 4) is 0 Å². The zero-order chi connectivity index (χ0) is 18.4. The lowest BCUT2D eigenvalue weighted by atomic mass is 9.91. The van der Waals surface area contributed by atoms with Crippen molar-refractivity contribution in [2.45, 2.75) is 53.0 Å². The van der Waals surface area contributed by atoms with E-state index in [4.69, 9.17) is 0 Å². The van der Waals surface area contributed by atoms with Gasteiger partial charge in [0.05, 0.1) is 6.04 Å². The summed E-state index contributed by atoms with van der Waals surface area (Å²) in [5, 5.41) is 1.31. The molecule has 25 heavy (non-hydrogen) atoms. The molecule has 1 aliphatic rings. The van der Waals surface area contributed by atoms with Crippen LogP contribution in [0.2, 0.25) is 0 Å². The van der Waals surface area contributed by atoms with Gasteiger partial charge in [0.2, 0.25) is 0 Å². The van der Waals surface area contributed by atoms with Gasteiger partial charge in [-0.05, 0) is 49.1 Å². The third-order valence-corrected chi connectivity index (χ3v) is 4.87. The van der Waals surface area contributed by atoms with Gasteiger partial charge in [0.1, 0.15) is 0 Å². The van der Waals surface area contributed by atoms with Crippen molar-refractivity contribution < 1.29 is 4.79 Å². The zero-order valence-electron chi connectivity index (χ0n) is 15.5. The van der Waals surface area contributed by atoms with Gasteiger partial charge in [-0.3, -0.25) is 4.79 Å². The molecular weight excluding hydrogens is 376 g/mol. The highest BCUT2D eigenvalue weighted by Gasteiger charge is 2.25. The van der Waals surface area contributed by atoms with Crippen molar-refractivity contribution >= 4 is 33.1 Å². The lowest BCUT2D eigenvalue weighted by Gasteiger charge is -2.24. The number of carbonyl (C=O) groups is 1. The quantitative estimate of drug-likeness (QED) is 0.486. The summed E-state index contributed by atoms with van der Waals surface area (Å²) in [6.45, 7) is 8.00. The molecule has 0 amide bonds. The van der Waals surface area contributed by atoms with Crippen LogP contribution in [0.5, 0.6) is 0 Å². The van der Waals surface area contributed by atoms with Crippen LogP contribution in [0.1, 0.15) is 68.2 Å². The monoisotopic (exact) mass is 402 g/mol. The number of hydrogen-bond donors (Lipinski definition) is 1. The molecule has 1 aromatic carbocycles. The molecule has 1 N–H and O–H groups in total. The largest absolute Gasteiger partial charge is 0.356 e. The van der Waals surface area contributed by atoms with Crippen LogP contribution < -0.4 is 0 Å². The molecule has 0 radical (unpaired) electrons. The third kappa shape index (κ3) is 3.90. The molecule has 3 aromatic rings. The number of aryl methyl sites for hydroxylation is 1. The van der Waals surface area contributed by atoms with E-state index in [1.54, 1.807) is 0 Å². The Morgan fingerprint density at radius 1 is 1.20 bits per heavy atom. The molecule has 0 spiro atoms. The molecule has 0 saturated carbocycles. The predicted molar refractivity (Wildman–Crippen MR) is 110 cm³/mol. The Morgan fingerprint density at radius 3 is 2.64 bits per heavy atom.